The van der Waals surface area contributed by atoms with Crippen molar-refractivity contribution in [3.8, 4) is 0 Å². The van der Waals surface area contributed by atoms with Crippen LogP contribution in [0.1, 0.15) is 18.4 Å². The van der Waals surface area contributed by atoms with Crippen molar-refractivity contribution in [1.82, 2.24) is 4.90 Å². The minimum absolute atomic E-state index is 0.0527. The van der Waals surface area contributed by atoms with Gasteiger partial charge in [0.1, 0.15) is 5.82 Å². The molecule has 18 heavy (non-hydrogen) atoms. The Labute approximate surface area is 106 Å². The van der Waals surface area contributed by atoms with E-state index in [-0.39, 0.29) is 17.6 Å². The number of nitrogens with zero attached hydrogens (tertiary/aromatic N) is 1. The summed E-state index contributed by atoms with van der Waals surface area (Å²) in [5.41, 5.74) is -0.0745. The molecule has 0 N–H and O–H groups in total. The van der Waals surface area contributed by atoms with E-state index in [0.717, 1.165) is 6.54 Å². The first-order valence-corrected chi connectivity index (χ1v) is 6.31. The largest absolute Gasteiger partial charge is 0.300 e. The van der Waals surface area contributed by atoms with Crippen LogP contribution < -0.4 is 0 Å². The fourth-order valence-corrected chi connectivity index (χ4v) is 3.17. The number of carbonyl (C=O) groups is 1. The molecule has 1 fully saturated rings. The Bertz CT molecular complexity index is 525. The number of allylic oxidation sites excluding steroid dienone is 1. The van der Waals surface area contributed by atoms with Gasteiger partial charge in [0.25, 0.3) is 0 Å². The van der Waals surface area contributed by atoms with Crippen LogP contribution in [0, 0.1) is 5.82 Å². The predicted octanol–water partition coefficient (Wildman–Crippen LogP) is 2.30. The van der Waals surface area contributed by atoms with Crippen LogP contribution in [-0.2, 0) is 10.2 Å². The Balaban J connectivity index is 2.12. The van der Waals surface area contributed by atoms with E-state index in [0.29, 0.717) is 18.4 Å². The number of likely N-dealkylation sites (N-methyl/N-ethyl adjacent to an activating group) is 1. The zero-order chi connectivity index (χ0) is 12.8. The molecule has 2 nitrogen and oxygen atoms in total. The van der Waals surface area contributed by atoms with Gasteiger partial charge in [0.2, 0.25) is 0 Å². The van der Waals surface area contributed by atoms with Crippen LogP contribution in [0.4, 0.5) is 4.39 Å². The maximum absolute atomic E-state index is 14.0. The first-order valence-electron chi connectivity index (χ1n) is 6.31. The zero-order valence-electron chi connectivity index (χ0n) is 10.4. The van der Waals surface area contributed by atoms with Crippen molar-refractivity contribution < 1.29 is 9.18 Å². The third-order valence-corrected chi connectivity index (χ3v) is 4.35. The molecular weight excluding hydrogens is 229 g/mol. The Morgan fingerprint density at radius 2 is 2.17 bits per heavy atom. The zero-order valence-corrected chi connectivity index (χ0v) is 10.4. The molecule has 0 saturated carbocycles. The smallest absolute Gasteiger partial charge is 0.166 e. The van der Waals surface area contributed by atoms with Crippen molar-refractivity contribution in [2.24, 2.45) is 0 Å². The van der Waals surface area contributed by atoms with Crippen LogP contribution in [0.3, 0.4) is 0 Å². The average molecular weight is 245 g/mol. The highest BCUT2D eigenvalue weighted by molar-refractivity contribution is 6.00. The molecule has 2 aliphatic rings. The maximum Gasteiger partial charge on any atom is 0.166 e. The first kappa shape index (κ1) is 11.6. The van der Waals surface area contributed by atoms with Gasteiger partial charge in [-0.3, -0.25) is 9.69 Å². The van der Waals surface area contributed by atoms with Crippen molar-refractivity contribution in [1.29, 1.82) is 0 Å². The molecule has 1 aliphatic carbocycles. The van der Waals surface area contributed by atoms with E-state index in [1.807, 2.05) is 12.1 Å². The number of benzene rings is 1. The van der Waals surface area contributed by atoms with Gasteiger partial charge in [-0.1, -0.05) is 24.3 Å². The SMILES string of the molecule is CN1CC[C@]2(c3ccccc3F)C[C@H]1C=CC2=O. The quantitative estimate of drug-likeness (QED) is 0.756. The number of halogens is 1. The van der Waals surface area contributed by atoms with E-state index in [1.54, 1.807) is 18.2 Å². The van der Waals surface area contributed by atoms with Gasteiger partial charge in [-0.15, -0.1) is 0 Å². The second kappa shape index (κ2) is 4.02. The van der Waals surface area contributed by atoms with E-state index >= 15 is 0 Å². The Morgan fingerprint density at radius 1 is 1.39 bits per heavy atom. The van der Waals surface area contributed by atoms with Gasteiger partial charge >= 0.3 is 0 Å². The Hall–Kier alpha value is -1.48. The maximum atomic E-state index is 14.0. The highest BCUT2D eigenvalue weighted by Crippen LogP contribution is 2.42. The molecule has 0 spiro atoms. The summed E-state index contributed by atoms with van der Waals surface area (Å²) in [7, 11) is 2.05. The van der Waals surface area contributed by atoms with E-state index in [9.17, 15) is 9.18 Å². The number of hydrogen-bond acceptors (Lipinski definition) is 2. The summed E-state index contributed by atoms with van der Waals surface area (Å²) < 4.78 is 14.0. The number of likely N-dealkylation sites (tertiary alicyclic amines) is 1. The lowest BCUT2D eigenvalue weighted by molar-refractivity contribution is -0.123. The van der Waals surface area contributed by atoms with Crippen molar-refractivity contribution in [2.75, 3.05) is 13.6 Å². The molecule has 0 radical (unpaired) electrons. The molecule has 0 aromatic heterocycles. The molecule has 1 aromatic rings. The third kappa shape index (κ3) is 1.54. The lowest BCUT2D eigenvalue weighted by Gasteiger charge is -2.45. The highest BCUT2D eigenvalue weighted by atomic mass is 19.1. The summed E-state index contributed by atoms with van der Waals surface area (Å²) in [4.78, 5) is 14.5. The summed E-state index contributed by atoms with van der Waals surface area (Å²) >= 11 is 0. The van der Waals surface area contributed by atoms with Crippen molar-refractivity contribution in [3.63, 3.8) is 0 Å². The summed E-state index contributed by atoms with van der Waals surface area (Å²) in [6, 6.07) is 6.94. The van der Waals surface area contributed by atoms with Gasteiger partial charge < -0.3 is 0 Å². The van der Waals surface area contributed by atoms with Crippen LogP contribution in [0.15, 0.2) is 36.4 Å². The number of ketones is 1. The molecule has 0 amide bonds. The molecular formula is C15H16FNO. The van der Waals surface area contributed by atoms with Crippen LogP contribution in [0.2, 0.25) is 0 Å². The summed E-state index contributed by atoms with van der Waals surface area (Å²) in [5, 5.41) is 0. The second-order valence-corrected chi connectivity index (χ2v) is 5.29. The lowest BCUT2D eigenvalue weighted by atomic mass is 9.65. The molecule has 1 saturated heterocycles. The molecule has 0 unspecified atom stereocenters. The van der Waals surface area contributed by atoms with Crippen molar-refractivity contribution in [3.05, 3.63) is 47.8 Å². The third-order valence-electron chi connectivity index (χ3n) is 4.35. The standard InChI is InChI=1S/C15H16FNO/c1-17-9-8-15(10-11(17)6-7-14(15)18)12-4-2-3-5-13(12)16/h2-7,11H,8-10H2,1H3/t11-,15-/m1/s1. The van der Waals surface area contributed by atoms with Crippen LogP contribution >= 0.6 is 0 Å². The molecule has 1 aliphatic heterocycles. The molecule has 3 heteroatoms. The number of fused-ring (bicyclic) bond motifs is 2. The fraction of sp³-hybridized carbons (Fsp3) is 0.400. The molecule has 94 valence electrons. The predicted molar refractivity (Wildman–Crippen MR) is 67.9 cm³/mol. The average Bonchev–Trinajstić information content (AvgIpc) is 2.38. The van der Waals surface area contributed by atoms with Gasteiger partial charge in [-0.2, -0.15) is 0 Å². The first-order chi connectivity index (χ1) is 8.63. The summed E-state index contributed by atoms with van der Waals surface area (Å²) in [6.45, 7) is 0.828. The molecule has 3 rings (SSSR count). The van der Waals surface area contributed by atoms with Crippen LogP contribution in [-0.4, -0.2) is 30.3 Å². The monoisotopic (exact) mass is 245 g/mol. The minimum atomic E-state index is -0.642. The van der Waals surface area contributed by atoms with E-state index < -0.39 is 5.41 Å². The topological polar surface area (TPSA) is 20.3 Å². The fourth-order valence-electron chi connectivity index (χ4n) is 3.17. The van der Waals surface area contributed by atoms with E-state index in [1.165, 1.54) is 6.07 Å². The van der Waals surface area contributed by atoms with Crippen molar-refractivity contribution >= 4 is 5.78 Å². The van der Waals surface area contributed by atoms with E-state index in [4.69, 9.17) is 0 Å². The molecule has 1 aromatic carbocycles. The normalized spacial score (nSPS) is 31.7. The van der Waals surface area contributed by atoms with Gasteiger partial charge in [-0.05, 0) is 38.6 Å². The van der Waals surface area contributed by atoms with Crippen LogP contribution in [0.5, 0.6) is 0 Å². The highest BCUT2D eigenvalue weighted by Gasteiger charge is 2.47. The minimum Gasteiger partial charge on any atom is -0.300 e. The van der Waals surface area contributed by atoms with Gasteiger partial charge in [0, 0.05) is 11.6 Å². The summed E-state index contributed by atoms with van der Waals surface area (Å²) in [5.74, 6) is -0.207. The molecule has 2 bridgehead atoms. The number of piperidine rings is 1. The van der Waals surface area contributed by atoms with Crippen molar-refractivity contribution in [2.45, 2.75) is 24.3 Å². The van der Waals surface area contributed by atoms with Gasteiger partial charge in [0.15, 0.2) is 5.78 Å². The van der Waals surface area contributed by atoms with Gasteiger partial charge in [-0.25, -0.2) is 4.39 Å². The van der Waals surface area contributed by atoms with E-state index in [2.05, 4.69) is 11.9 Å². The number of rotatable bonds is 1. The Morgan fingerprint density at radius 3 is 2.94 bits per heavy atom. The summed E-state index contributed by atoms with van der Waals surface area (Å²) in [6.07, 6.45) is 4.97. The second-order valence-electron chi connectivity index (χ2n) is 5.29. The lowest BCUT2D eigenvalue weighted by Crippen LogP contribution is -2.52. The van der Waals surface area contributed by atoms with Crippen LogP contribution in [0.25, 0.3) is 0 Å². The molecule has 1 heterocycles. The Kier molecular flexibility index (Phi) is 2.59. The van der Waals surface area contributed by atoms with Gasteiger partial charge in [0.05, 0.1) is 5.41 Å². The number of carbonyl (C=O) groups excluding carboxylic acids is 1. The molecule has 2 atom stereocenters. The number of hydrogen-bond donors (Lipinski definition) is 0.